The number of quaternary nitrogens is 1. The van der Waals surface area contributed by atoms with Gasteiger partial charge in [-0.2, -0.15) is 5.26 Å². The Bertz CT molecular complexity index is 395. The lowest BCUT2D eigenvalue weighted by atomic mass is 10.0. The topological polar surface area (TPSA) is 60.6 Å². The number of nitriles is 1. The lowest BCUT2D eigenvalue weighted by Gasteiger charge is -2.09. The molecule has 1 aliphatic carbocycles. The van der Waals surface area contributed by atoms with Gasteiger partial charge in [0.15, 0.2) is 0 Å². The van der Waals surface area contributed by atoms with Gasteiger partial charge in [0.25, 0.3) is 0 Å². The normalized spacial score (nSPS) is 18.5. The van der Waals surface area contributed by atoms with Gasteiger partial charge in [0.05, 0.1) is 24.8 Å². The Hall–Kier alpha value is -1.37. The predicted molar refractivity (Wildman–Crippen MR) is 56.1 cm³/mol. The van der Waals surface area contributed by atoms with Crippen LogP contribution in [0.2, 0.25) is 0 Å². The number of hydrogen-bond acceptors (Lipinski definition) is 2. The zero-order valence-electron chi connectivity index (χ0n) is 8.61. The second kappa shape index (κ2) is 4.43. The fraction of sp³-hybridized carbons (Fsp3) is 0.417. The standard InChI is InChI=1S/C12H14N2O/c13-8-9-2-1-3-11-10(9)4-5-12(11)14-6-7-15/h1-3,12,14-15H,4-7H2/p+1. The zero-order chi connectivity index (χ0) is 10.7. The highest BCUT2D eigenvalue weighted by molar-refractivity contribution is 5.46. The number of nitrogens with two attached hydrogens (primary N) is 1. The van der Waals surface area contributed by atoms with E-state index in [2.05, 4.69) is 17.5 Å². The second-order valence-corrected chi connectivity index (χ2v) is 3.88. The van der Waals surface area contributed by atoms with Crippen LogP contribution in [0.25, 0.3) is 0 Å². The van der Waals surface area contributed by atoms with Crippen LogP contribution in [0.5, 0.6) is 0 Å². The van der Waals surface area contributed by atoms with E-state index in [9.17, 15) is 0 Å². The average molecular weight is 203 g/mol. The molecule has 15 heavy (non-hydrogen) atoms. The van der Waals surface area contributed by atoms with Crippen molar-refractivity contribution in [1.29, 1.82) is 5.26 Å². The van der Waals surface area contributed by atoms with Gasteiger partial charge in [0, 0.05) is 12.0 Å². The van der Waals surface area contributed by atoms with E-state index in [-0.39, 0.29) is 6.61 Å². The van der Waals surface area contributed by atoms with Crippen LogP contribution in [0.1, 0.15) is 29.2 Å². The van der Waals surface area contributed by atoms with E-state index < -0.39 is 0 Å². The van der Waals surface area contributed by atoms with Crippen LogP contribution < -0.4 is 5.32 Å². The zero-order valence-corrected chi connectivity index (χ0v) is 8.61. The predicted octanol–water partition coefficient (Wildman–Crippen LogP) is 0.101. The highest BCUT2D eigenvalue weighted by Gasteiger charge is 2.26. The van der Waals surface area contributed by atoms with Gasteiger partial charge in [-0.25, -0.2) is 0 Å². The van der Waals surface area contributed by atoms with Crippen LogP contribution >= 0.6 is 0 Å². The Kier molecular flexibility index (Phi) is 3.00. The van der Waals surface area contributed by atoms with Crippen LogP contribution in [-0.4, -0.2) is 18.3 Å². The maximum atomic E-state index is 8.96. The molecule has 1 aliphatic rings. The summed E-state index contributed by atoms with van der Waals surface area (Å²) in [6, 6.07) is 8.60. The largest absolute Gasteiger partial charge is 0.391 e. The molecule has 0 amide bonds. The van der Waals surface area contributed by atoms with Gasteiger partial charge in [-0.1, -0.05) is 12.1 Å². The van der Waals surface area contributed by atoms with Crippen LogP contribution in [-0.2, 0) is 6.42 Å². The van der Waals surface area contributed by atoms with E-state index in [1.54, 1.807) is 0 Å². The van der Waals surface area contributed by atoms with Crippen molar-refractivity contribution in [3.05, 3.63) is 34.9 Å². The molecule has 0 bridgehead atoms. The van der Waals surface area contributed by atoms with Crippen LogP contribution in [0.15, 0.2) is 18.2 Å². The van der Waals surface area contributed by atoms with E-state index in [0.717, 1.165) is 24.9 Å². The first-order valence-corrected chi connectivity index (χ1v) is 5.33. The lowest BCUT2D eigenvalue weighted by Crippen LogP contribution is -2.85. The molecule has 0 aromatic heterocycles. The maximum Gasteiger partial charge on any atom is 0.112 e. The van der Waals surface area contributed by atoms with Gasteiger partial charge >= 0.3 is 0 Å². The fourth-order valence-electron chi connectivity index (χ4n) is 2.31. The average Bonchev–Trinajstić information content (AvgIpc) is 2.69. The van der Waals surface area contributed by atoms with E-state index in [1.807, 2.05) is 12.1 Å². The fourth-order valence-corrected chi connectivity index (χ4v) is 2.31. The molecule has 3 nitrogen and oxygen atoms in total. The molecule has 1 aromatic rings. The summed E-state index contributed by atoms with van der Waals surface area (Å²) in [6.45, 7) is 0.949. The van der Waals surface area contributed by atoms with Crippen molar-refractivity contribution in [2.45, 2.75) is 18.9 Å². The first kappa shape index (κ1) is 10.2. The Balaban J connectivity index is 2.24. The molecule has 1 aromatic carbocycles. The molecule has 0 heterocycles. The summed E-state index contributed by atoms with van der Waals surface area (Å²) in [7, 11) is 0. The number of rotatable bonds is 3. The minimum absolute atomic E-state index is 0.212. The molecule has 3 N–H and O–H groups in total. The number of aliphatic hydroxyl groups excluding tert-OH is 1. The van der Waals surface area contributed by atoms with E-state index >= 15 is 0 Å². The summed E-state index contributed by atoms with van der Waals surface area (Å²) in [5.74, 6) is 0. The van der Waals surface area contributed by atoms with Gasteiger partial charge in [-0.3, -0.25) is 0 Å². The monoisotopic (exact) mass is 203 g/mol. The molecule has 0 fully saturated rings. The van der Waals surface area contributed by atoms with Crippen LogP contribution in [0.4, 0.5) is 0 Å². The summed E-state index contributed by atoms with van der Waals surface area (Å²) in [6.07, 6.45) is 2.07. The molecule has 1 unspecified atom stereocenters. The van der Waals surface area contributed by atoms with Crippen molar-refractivity contribution >= 4 is 0 Å². The SMILES string of the molecule is N#Cc1cccc2c1CCC2[NH2+]CCO. The Morgan fingerprint density at radius 2 is 2.40 bits per heavy atom. The number of nitrogens with zero attached hydrogens (tertiary/aromatic N) is 1. The van der Waals surface area contributed by atoms with Crippen molar-refractivity contribution in [1.82, 2.24) is 0 Å². The molecule has 1 atom stereocenters. The Labute approximate surface area is 89.4 Å². The maximum absolute atomic E-state index is 8.96. The van der Waals surface area contributed by atoms with Crippen LogP contribution in [0, 0.1) is 11.3 Å². The van der Waals surface area contributed by atoms with Gasteiger partial charge in [-0.05, 0) is 18.1 Å². The van der Waals surface area contributed by atoms with Crippen molar-refractivity contribution in [3.8, 4) is 6.07 Å². The molecule has 2 rings (SSSR count). The summed E-state index contributed by atoms with van der Waals surface area (Å²) >= 11 is 0. The molecule has 3 heteroatoms. The first-order chi connectivity index (χ1) is 7.36. The quantitative estimate of drug-likeness (QED) is 0.732. The minimum Gasteiger partial charge on any atom is -0.391 e. The molecular formula is C12H15N2O+. The molecule has 0 spiro atoms. The van der Waals surface area contributed by atoms with E-state index in [4.69, 9.17) is 10.4 Å². The third-order valence-corrected chi connectivity index (χ3v) is 3.02. The van der Waals surface area contributed by atoms with E-state index in [0.29, 0.717) is 6.04 Å². The van der Waals surface area contributed by atoms with Crippen molar-refractivity contribution in [2.75, 3.05) is 13.2 Å². The smallest absolute Gasteiger partial charge is 0.112 e. The molecule has 0 saturated heterocycles. The molecule has 0 radical (unpaired) electrons. The van der Waals surface area contributed by atoms with Gasteiger partial charge in [-0.15, -0.1) is 0 Å². The Morgan fingerprint density at radius 1 is 1.53 bits per heavy atom. The highest BCUT2D eigenvalue weighted by atomic mass is 16.3. The van der Waals surface area contributed by atoms with Crippen LogP contribution in [0.3, 0.4) is 0 Å². The molecule has 0 aliphatic heterocycles. The van der Waals surface area contributed by atoms with Crippen molar-refractivity contribution in [2.24, 2.45) is 0 Å². The third-order valence-electron chi connectivity index (χ3n) is 3.02. The number of benzene rings is 1. The van der Waals surface area contributed by atoms with Gasteiger partial charge in [0.2, 0.25) is 0 Å². The highest BCUT2D eigenvalue weighted by Crippen LogP contribution is 2.30. The Morgan fingerprint density at radius 3 is 3.13 bits per heavy atom. The first-order valence-electron chi connectivity index (χ1n) is 5.33. The summed E-state index contributed by atoms with van der Waals surface area (Å²) in [4.78, 5) is 0. The minimum atomic E-state index is 0.212. The lowest BCUT2D eigenvalue weighted by molar-refractivity contribution is -0.696. The molecule has 0 saturated carbocycles. The summed E-state index contributed by atoms with van der Waals surface area (Å²) in [5.41, 5.74) is 3.30. The van der Waals surface area contributed by atoms with Crippen molar-refractivity contribution < 1.29 is 10.4 Å². The number of aliphatic hydroxyl groups is 1. The van der Waals surface area contributed by atoms with E-state index in [1.165, 1.54) is 11.1 Å². The third kappa shape index (κ3) is 1.87. The number of fused-ring (bicyclic) bond motifs is 1. The van der Waals surface area contributed by atoms with Gasteiger partial charge < -0.3 is 10.4 Å². The number of hydrogen-bond donors (Lipinski definition) is 2. The molecular weight excluding hydrogens is 188 g/mol. The second-order valence-electron chi connectivity index (χ2n) is 3.88. The van der Waals surface area contributed by atoms with Gasteiger partial charge in [0.1, 0.15) is 6.04 Å². The summed E-state index contributed by atoms with van der Waals surface area (Å²) < 4.78 is 0. The van der Waals surface area contributed by atoms with Crippen molar-refractivity contribution in [3.63, 3.8) is 0 Å². The summed E-state index contributed by atoms with van der Waals surface area (Å²) in [5, 5.41) is 19.9. The molecule has 78 valence electrons.